The lowest BCUT2D eigenvalue weighted by atomic mass is 9.43. The van der Waals surface area contributed by atoms with E-state index in [1.54, 1.807) is 12.1 Å². The molecule has 2 aromatic rings. The number of piperidine rings is 1. The van der Waals surface area contributed by atoms with E-state index in [-0.39, 0.29) is 58.3 Å². The fraction of sp³-hybridized carbons (Fsp3) is 0.556. The minimum Gasteiger partial charge on any atom is -0.458 e. The van der Waals surface area contributed by atoms with Crippen molar-refractivity contribution >= 4 is 11.9 Å². The van der Waals surface area contributed by atoms with Crippen LogP contribution >= 0.6 is 0 Å². The minimum absolute atomic E-state index is 0.0603. The molecule has 1 unspecified atom stereocenters. The number of benzene rings is 2. The second-order valence-corrected chi connectivity index (χ2v) is 14.4. The van der Waals surface area contributed by atoms with E-state index in [1.165, 1.54) is 0 Å². The zero-order valence-corrected chi connectivity index (χ0v) is 24.6. The Kier molecular flexibility index (Phi) is 5.73. The molecular formula is C36H41NO5. The molecule has 1 aliphatic heterocycles. The fourth-order valence-electron chi connectivity index (χ4n) is 11.8. The maximum atomic E-state index is 13.6. The third-order valence-electron chi connectivity index (χ3n) is 13.0. The molecule has 6 heteroatoms. The van der Waals surface area contributed by atoms with Gasteiger partial charge in [-0.15, -0.1) is 0 Å². The van der Waals surface area contributed by atoms with Gasteiger partial charge in [0.25, 0.3) is 0 Å². The molecule has 0 amide bonds. The SMILES string of the molecule is C=C1[C@@H](O)[C@]23C[C@@H]1[C@@H](OC(=O)c1ccccc1)C[C@H]2[C@@]12C4[C@H]3C[C@@H]1[C@@](C)(CC[C@@H]2OC(=O)c1ccccc1)CN4CC. The van der Waals surface area contributed by atoms with Crippen molar-refractivity contribution < 1.29 is 24.2 Å². The van der Waals surface area contributed by atoms with Crippen molar-refractivity contribution in [2.75, 3.05) is 13.1 Å². The second kappa shape index (κ2) is 9.03. The van der Waals surface area contributed by atoms with Crippen LogP contribution in [0.5, 0.6) is 0 Å². The normalized spacial score (nSPS) is 44.5. The van der Waals surface area contributed by atoms with Gasteiger partial charge in [-0.2, -0.15) is 0 Å². The molecule has 6 nitrogen and oxygen atoms in total. The van der Waals surface area contributed by atoms with Crippen LogP contribution in [0.2, 0.25) is 0 Å². The Morgan fingerprint density at radius 1 is 0.976 bits per heavy atom. The molecule has 11 atom stereocenters. The molecule has 220 valence electrons. The topological polar surface area (TPSA) is 76.1 Å². The lowest BCUT2D eigenvalue weighted by molar-refractivity contribution is -0.218. The first-order valence-corrected chi connectivity index (χ1v) is 15.9. The van der Waals surface area contributed by atoms with Gasteiger partial charge < -0.3 is 14.6 Å². The second-order valence-electron chi connectivity index (χ2n) is 14.4. The van der Waals surface area contributed by atoms with Gasteiger partial charge >= 0.3 is 11.9 Å². The van der Waals surface area contributed by atoms with Crippen LogP contribution in [0.4, 0.5) is 0 Å². The van der Waals surface area contributed by atoms with Gasteiger partial charge in [0.1, 0.15) is 12.2 Å². The Morgan fingerprint density at radius 3 is 2.26 bits per heavy atom. The fourth-order valence-corrected chi connectivity index (χ4v) is 11.8. The van der Waals surface area contributed by atoms with Gasteiger partial charge in [0.05, 0.1) is 17.2 Å². The number of esters is 2. The highest BCUT2D eigenvalue weighted by atomic mass is 16.5. The number of carbonyl (C=O) groups excluding carboxylic acids is 2. The molecular weight excluding hydrogens is 526 g/mol. The maximum absolute atomic E-state index is 13.6. The number of rotatable bonds is 5. The molecule has 5 saturated carbocycles. The average molecular weight is 568 g/mol. The zero-order valence-electron chi connectivity index (χ0n) is 24.6. The summed E-state index contributed by atoms with van der Waals surface area (Å²) in [6.07, 6.45) is 3.11. The molecule has 42 heavy (non-hydrogen) atoms. The van der Waals surface area contributed by atoms with Crippen LogP contribution in [0.3, 0.4) is 0 Å². The number of nitrogens with zero attached hydrogens (tertiary/aromatic N) is 1. The van der Waals surface area contributed by atoms with Gasteiger partial charge in [0, 0.05) is 29.3 Å². The Balaban J connectivity index is 1.24. The number of hydrogen-bond donors (Lipinski definition) is 1. The number of carbonyl (C=O) groups is 2. The Labute approximate surface area is 248 Å². The van der Waals surface area contributed by atoms with E-state index < -0.39 is 6.10 Å². The van der Waals surface area contributed by atoms with E-state index in [4.69, 9.17) is 9.47 Å². The summed E-state index contributed by atoms with van der Waals surface area (Å²) in [5, 5.41) is 12.1. The summed E-state index contributed by atoms with van der Waals surface area (Å²) in [6.45, 7) is 11.1. The van der Waals surface area contributed by atoms with Crippen LogP contribution in [-0.4, -0.2) is 59.4 Å². The molecule has 1 N–H and O–H groups in total. The molecule has 7 bridgehead atoms. The standard InChI is InChI=1S/C36H41NO5/c1-4-37-20-34(3)16-15-29(42-33(40)23-13-9-6-10-14-23)36-27(34)17-25(30(36)37)35-19-24(21(2)31(35)38)26(18-28(35)36)41-32(39)22-11-7-5-8-12-22/h5-14,24-31,38H,2,4,15-20H2,1,3H3/t24-,25+,26-,27+,28+,29-,30?,31+,34-,35-,36-/m0/s1. The quantitative estimate of drug-likeness (QED) is 0.379. The Morgan fingerprint density at radius 2 is 1.62 bits per heavy atom. The number of hydrogen-bond acceptors (Lipinski definition) is 6. The monoisotopic (exact) mass is 567 g/mol. The van der Waals surface area contributed by atoms with Crippen LogP contribution in [0.1, 0.15) is 66.7 Å². The number of likely N-dealkylation sites (tertiary alicyclic amines) is 1. The molecule has 0 radical (unpaired) electrons. The summed E-state index contributed by atoms with van der Waals surface area (Å²) >= 11 is 0. The van der Waals surface area contributed by atoms with Crippen LogP contribution < -0.4 is 0 Å². The largest absolute Gasteiger partial charge is 0.458 e. The van der Waals surface area contributed by atoms with E-state index in [9.17, 15) is 14.7 Å². The minimum atomic E-state index is -0.642. The van der Waals surface area contributed by atoms with Gasteiger partial charge in [-0.1, -0.05) is 56.8 Å². The molecule has 6 fully saturated rings. The first-order chi connectivity index (χ1) is 20.3. The first kappa shape index (κ1) is 26.7. The molecule has 2 aromatic carbocycles. The van der Waals surface area contributed by atoms with Crippen LogP contribution in [0, 0.1) is 39.9 Å². The summed E-state index contributed by atoms with van der Waals surface area (Å²) in [5.41, 5.74) is 1.43. The first-order valence-electron chi connectivity index (χ1n) is 15.9. The molecule has 5 aliphatic carbocycles. The summed E-state index contributed by atoms with van der Waals surface area (Å²) in [4.78, 5) is 29.7. The summed E-state index contributed by atoms with van der Waals surface area (Å²) in [5.74, 6) is 0.118. The van der Waals surface area contributed by atoms with E-state index in [1.807, 2.05) is 48.5 Å². The van der Waals surface area contributed by atoms with E-state index in [0.29, 0.717) is 29.4 Å². The predicted molar refractivity (Wildman–Crippen MR) is 157 cm³/mol. The van der Waals surface area contributed by atoms with Crippen LogP contribution in [0.15, 0.2) is 72.8 Å². The van der Waals surface area contributed by atoms with Crippen molar-refractivity contribution in [3.8, 4) is 0 Å². The van der Waals surface area contributed by atoms with Crippen molar-refractivity contribution in [1.29, 1.82) is 0 Å². The molecule has 1 saturated heterocycles. The van der Waals surface area contributed by atoms with Crippen LogP contribution in [0.25, 0.3) is 0 Å². The Bertz CT molecular complexity index is 1440. The highest BCUT2D eigenvalue weighted by Crippen LogP contribution is 2.84. The molecule has 1 heterocycles. The number of fused-ring (bicyclic) bond motifs is 1. The van der Waals surface area contributed by atoms with Gasteiger partial charge in [0.2, 0.25) is 0 Å². The zero-order chi connectivity index (χ0) is 29.0. The molecule has 0 aromatic heterocycles. The van der Waals surface area contributed by atoms with Crippen molar-refractivity contribution in [3.05, 3.63) is 83.9 Å². The number of aliphatic hydroxyl groups excluding tert-OH is 1. The third-order valence-corrected chi connectivity index (χ3v) is 13.0. The van der Waals surface area contributed by atoms with Crippen molar-refractivity contribution in [2.45, 2.75) is 70.3 Å². The van der Waals surface area contributed by atoms with E-state index >= 15 is 0 Å². The number of ether oxygens (including phenoxy) is 2. The van der Waals surface area contributed by atoms with Crippen LogP contribution in [-0.2, 0) is 9.47 Å². The maximum Gasteiger partial charge on any atom is 0.338 e. The number of aliphatic hydroxyl groups is 1. The molecule has 8 rings (SSSR count). The van der Waals surface area contributed by atoms with E-state index in [0.717, 1.165) is 44.3 Å². The predicted octanol–water partition coefficient (Wildman–Crippen LogP) is 5.52. The van der Waals surface area contributed by atoms with Crippen molar-refractivity contribution in [3.63, 3.8) is 0 Å². The smallest absolute Gasteiger partial charge is 0.338 e. The van der Waals surface area contributed by atoms with Crippen molar-refractivity contribution in [1.82, 2.24) is 4.90 Å². The van der Waals surface area contributed by atoms with Gasteiger partial charge in [-0.05, 0) is 91.7 Å². The van der Waals surface area contributed by atoms with Crippen molar-refractivity contribution in [2.24, 2.45) is 39.9 Å². The molecule has 6 aliphatic rings. The third kappa shape index (κ3) is 3.18. The highest BCUT2D eigenvalue weighted by molar-refractivity contribution is 5.90. The summed E-state index contributed by atoms with van der Waals surface area (Å²) in [6, 6.07) is 18.7. The van der Waals surface area contributed by atoms with E-state index in [2.05, 4.69) is 25.3 Å². The lowest BCUT2D eigenvalue weighted by Gasteiger charge is -2.65. The summed E-state index contributed by atoms with van der Waals surface area (Å²) < 4.78 is 13.0. The van der Waals surface area contributed by atoms with Gasteiger partial charge in [-0.3, -0.25) is 4.90 Å². The average Bonchev–Trinajstić information content (AvgIpc) is 3.53. The summed E-state index contributed by atoms with van der Waals surface area (Å²) in [7, 11) is 0. The Hall–Kier alpha value is -2.96. The highest BCUT2D eigenvalue weighted by Gasteiger charge is 2.86. The molecule has 2 spiro atoms. The lowest BCUT2D eigenvalue weighted by Crippen LogP contribution is -2.69. The van der Waals surface area contributed by atoms with Gasteiger partial charge in [0.15, 0.2) is 0 Å². The van der Waals surface area contributed by atoms with Gasteiger partial charge in [-0.25, -0.2) is 9.59 Å².